The average Bonchev–Trinajstić information content (AvgIpc) is 3.46. The van der Waals surface area contributed by atoms with Gasteiger partial charge in [0.15, 0.2) is 4.80 Å². The van der Waals surface area contributed by atoms with E-state index in [1.54, 1.807) is 11.7 Å². The summed E-state index contributed by atoms with van der Waals surface area (Å²) in [6.07, 6.45) is 7.61. The monoisotopic (exact) mass is 600 g/mol. The van der Waals surface area contributed by atoms with Gasteiger partial charge in [0.05, 0.1) is 35.5 Å². The lowest BCUT2D eigenvalue weighted by molar-refractivity contribution is -0.113. The number of thiazole rings is 1. The highest BCUT2D eigenvalue weighted by molar-refractivity contribution is 7.07. The first-order chi connectivity index (χ1) is 21.2. The lowest BCUT2D eigenvalue weighted by atomic mass is 9.95. The van der Waals surface area contributed by atoms with Crippen LogP contribution < -0.4 is 24.9 Å². The molecule has 5 aromatic rings. The number of benzene rings is 3. The second kappa shape index (κ2) is 11.5. The van der Waals surface area contributed by atoms with Gasteiger partial charge in [0.2, 0.25) is 0 Å². The zero-order valence-electron chi connectivity index (χ0n) is 25.3. The molecule has 0 fully saturated rings. The predicted octanol–water partition coefficient (Wildman–Crippen LogP) is 5.40. The zero-order valence-corrected chi connectivity index (χ0v) is 26.1. The fraction of sp³-hybridized carbons (Fsp3) is 0.194. The number of rotatable bonds is 6. The fourth-order valence-corrected chi connectivity index (χ4v) is 6.95. The van der Waals surface area contributed by atoms with E-state index in [-0.39, 0.29) is 11.5 Å². The number of amides is 1. The van der Waals surface area contributed by atoms with Crippen molar-refractivity contribution in [3.63, 3.8) is 0 Å². The van der Waals surface area contributed by atoms with Gasteiger partial charge in [-0.15, -0.1) is 6.42 Å². The number of terminal acetylenes is 1. The van der Waals surface area contributed by atoms with Gasteiger partial charge in [-0.25, -0.2) is 4.99 Å². The van der Waals surface area contributed by atoms with Crippen LogP contribution >= 0.6 is 11.3 Å². The van der Waals surface area contributed by atoms with Crippen LogP contribution in [0, 0.1) is 33.1 Å². The summed E-state index contributed by atoms with van der Waals surface area (Å²) in [5.74, 6) is 3.12. The minimum atomic E-state index is -0.686. The van der Waals surface area contributed by atoms with E-state index >= 15 is 0 Å². The van der Waals surface area contributed by atoms with Crippen LogP contribution in [0.3, 0.4) is 0 Å². The summed E-state index contributed by atoms with van der Waals surface area (Å²) in [4.78, 5) is 33.6. The predicted molar refractivity (Wildman–Crippen MR) is 177 cm³/mol. The number of nitrogens with zero attached hydrogens (tertiary/aromatic N) is 3. The first-order valence-corrected chi connectivity index (χ1v) is 15.1. The molecule has 220 valence electrons. The number of carbonyl (C=O) groups is 1. The van der Waals surface area contributed by atoms with Crippen molar-refractivity contribution in [1.29, 1.82) is 0 Å². The number of allylic oxidation sites excluding steroid dienone is 1. The molecular weight excluding hydrogens is 568 g/mol. The summed E-state index contributed by atoms with van der Waals surface area (Å²) in [7, 11) is 1.60. The van der Waals surface area contributed by atoms with Crippen LogP contribution in [0.4, 0.5) is 5.69 Å². The van der Waals surface area contributed by atoms with E-state index < -0.39 is 6.04 Å². The van der Waals surface area contributed by atoms with Crippen molar-refractivity contribution in [2.24, 2.45) is 4.99 Å². The summed E-state index contributed by atoms with van der Waals surface area (Å²) in [5, 5.41) is 4.10. The molecule has 0 bridgehead atoms. The molecule has 6 rings (SSSR count). The zero-order chi connectivity index (χ0) is 31.1. The van der Waals surface area contributed by atoms with Gasteiger partial charge in [-0.05, 0) is 69.2 Å². The largest absolute Gasteiger partial charge is 0.497 e. The average molecular weight is 601 g/mol. The molecule has 0 unspecified atom stereocenters. The maximum absolute atomic E-state index is 14.3. The Balaban J connectivity index is 1.54. The summed E-state index contributed by atoms with van der Waals surface area (Å²) in [6.45, 7) is 8.24. The second-order valence-electron chi connectivity index (χ2n) is 10.9. The standard InChI is InChI=1S/C36H32N4O3S/c1-7-18-39-24(5)28(27-10-8-9-11-30(27)39)20-31-35(42)40-33(25-13-15-26(43-6)16-14-25)32(23(4)37-36(40)44-31)34(41)38-29-17-12-21(2)19-22(29)3/h1,8-17,19-20,33H,18H2,2-6H3,(H,38,41)/b31-20-/t33-/m0/s1. The Morgan fingerprint density at radius 1 is 1.09 bits per heavy atom. The highest BCUT2D eigenvalue weighted by atomic mass is 32.1. The minimum Gasteiger partial charge on any atom is -0.497 e. The first-order valence-electron chi connectivity index (χ1n) is 14.3. The van der Waals surface area contributed by atoms with E-state index in [2.05, 4.69) is 15.8 Å². The molecule has 3 heterocycles. The van der Waals surface area contributed by atoms with Gasteiger partial charge in [-0.3, -0.25) is 14.2 Å². The van der Waals surface area contributed by atoms with Crippen molar-refractivity contribution >= 4 is 39.9 Å². The molecule has 1 amide bonds. The topological polar surface area (TPSA) is 77.6 Å². The number of aromatic nitrogens is 2. The minimum absolute atomic E-state index is 0.216. The van der Waals surface area contributed by atoms with Gasteiger partial charge in [-0.2, -0.15) is 0 Å². The van der Waals surface area contributed by atoms with Gasteiger partial charge < -0.3 is 14.6 Å². The van der Waals surface area contributed by atoms with E-state index in [0.29, 0.717) is 38.6 Å². The smallest absolute Gasteiger partial charge is 0.271 e. The van der Waals surface area contributed by atoms with Crippen molar-refractivity contribution < 1.29 is 9.53 Å². The molecular formula is C36H32N4O3S. The van der Waals surface area contributed by atoms with Gasteiger partial charge in [0.1, 0.15) is 5.75 Å². The molecule has 0 saturated carbocycles. The van der Waals surface area contributed by atoms with E-state index in [1.165, 1.54) is 11.3 Å². The third-order valence-electron chi connectivity index (χ3n) is 8.13. The molecule has 1 N–H and O–H groups in total. The molecule has 44 heavy (non-hydrogen) atoms. The fourth-order valence-electron chi connectivity index (χ4n) is 5.92. The van der Waals surface area contributed by atoms with Crippen molar-refractivity contribution in [3.8, 4) is 18.1 Å². The van der Waals surface area contributed by atoms with Crippen LogP contribution in [-0.4, -0.2) is 22.2 Å². The van der Waals surface area contributed by atoms with Crippen molar-refractivity contribution in [2.75, 3.05) is 12.4 Å². The Morgan fingerprint density at radius 3 is 2.55 bits per heavy atom. The number of hydrogen-bond acceptors (Lipinski definition) is 5. The molecule has 0 aliphatic carbocycles. The van der Waals surface area contributed by atoms with E-state index in [0.717, 1.165) is 38.9 Å². The number of hydrogen-bond donors (Lipinski definition) is 1. The highest BCUT2D eigenvalue weighted by Crippen LogP contribution is 2.32. The highest BCUT2D eigenvalue weighted by Gasteiger charge is 2.33. The molecule has 7 nitrogen and oxygen atoms in total. The quantitative estimate of drug-likeness (QED) is 0.266. The van der Waals surface area contributed by atoms with E-state index in [9.17, 15) is 9.59 Å². The summed E-state index contributed by atoms with van der Waals surface area (Å²) in [5.41, 5.74) is 7.23. The van der Waals surface area contributed by atoms with Crippen LogP contribution in [0.1, 0.15) is 40.9 Å². The number of fused-ring (bicyclic) bond motifs is 2. The van der Waals surface area contributed by atoms with E-state index in [1.807, 2.05) is 101 Å². The number of methoxy groups -OCH3 is 1. The third kappa shape index (κ3) is 4.95. The van der Waals surface area contributed by atoms with Gasteiger partial charge in [-0.1, -0.05) is 65.3 Å². The molecule has 1 atom stereocenters. The summed E-state index contributed by atoms with van der Waals surface area (Å²) >= 11 is 1.32. The maximum atomic E-state index is 14.3. The summed E-state index contributed by atoms with van der Waals surface area (Å²) in [6, 6.07) is 20.7. The third-order valence-corrected chi connectivity index (χ3v) is 9.12. The van der Waals surface area contributed by atoms with Crippen LogP contribution in [0.25, 0.3) is 17.0 Å². The molecule has 8 heteroatoms. The Morgan fingerprint density at radius 2 is 1.84 bits per heavy atom. The molecule has 1 aliphatic heterocycles. The van der Waals surface area contributed by atoms with Crippen molar-refractivity contribution in [1.82, 2.24) is 9.13 Å². The van der Waals surface area contributed by atoms with Crippen molar-refractivity contribution in [2.45, 2.75) is 40.3 Å². The van der Waals surface area contributed by atoms with Crippen LogP contribution in [0.15, 0.2) is 87.8 Å². The second-order valence-corrected chi connectivity index (χ2v) is 11.9. The molecule has 0 saturated heterocycles. The maximum Gasteiger partial charge on any atom is 0.271 e. The first kappa shape index (κ1) is 29.0. The number of aryl methyl sites for hydroxylation is 2. The number of anilines is 1. The lowest BCUT2D eigenvalue weighted by Gasteiger charge is -2.25. The number of ether oxygens (including phenoxy) is 1. The molecule has 2 aromatic heterocycles. The van der Waals surface area contributed by atoms with Crippen LogP contribution in [0.5, 0.6) is 5.75 Å². The Kier molecular flexibility index (Phi) is 7.58. The lowest BCUT2D eigenvalue weighted by Crippen LogP contribution is -2.40. The number of para-hydroxylation sites is 1. The Bertz CT molecular complexity index is 2210. The molecule has 0 radical (unpaired) electrons. The Hall–Kier alpha value is -5.13. The van der Waals surface area contributed by atoms with Crippen LogP contribution in [0.2, 0.25) is 0 Å². The number of nitrogens with one attached hydrogen (secondary N) is 1. The van der Waals surface area contributed by atoms with Gasteiger partial charge in [0, 0.05) is 27.8 Å². The normalized spacial score (nSPS) is 14.7. The van der Waals surface area contributed by atoms with Crippen molar-refractivity contribution in [3.05, 3.63) is 126 Å². The molecule has 0 spiro atoms. The molecule has 1 aliphatic rings. The van der Waals surface area contributed by atoms with Gasteiger partial charge in [0.25, 0.3) is 11.5 Å². The Labute approximate surface area is 259 Å². The SMILES string of the molecule is C#CCn1c(C)c(/C=c2\sc3n(c2=O)[C@@H](c2ccc(OC)cc2)C(C(=O)Nc2ccc(C)cc2C)=C(C)N=3)c2ccccc21. The number of carbonyl (C=O) groups excluding carboxylic acids is 1. The summed E-state index contributed by atoms with van der Waals surface area (Å²) < 4.78 is 9.63. The van der Waals surface area contributed by atoms with Gasteiger partial charge >= 0.3 is 0 Å². The van der Waals surface area contributed by atoms with E-state index in [4.69, 9.17) is 16.2 Å². The molecule has 3 aromatic carbocycles. The van der Waals surface area contributed by atoms with Crippen LogP contribution in [-0.2, 0) is 11.3 Å².